The fourth-order valence-electron chi connectivity index (χ4n) is 3.79. The van der Waals surface area contributed by atoms with Crippen LogP contribution in [-0.2, 0) is 4.79 Å². The molecule has 0 spiro atoms. The van der Waals surface area contributed by atoms with Crippen LogP contribution in [0.1, 0.15) is 35.7 Å². The summed E-state index contributed by atoms with van der Waals surface area (Å²) in [6.07, 6.45) is 3.85. The molecule has 3 aromatic rings. The van der Waals surface area contributed by atoms with Gasteiger partial charge in [-0.3, -0.25) is 10.1 Å². The van der Waals surface area contributed by atoms with Gasteiger partial charge in [-0.25, -0.2) is 0 Å². The van der Waals surface area contributed by atoms with E-state index in [1.807, 2.05) is 36.4 Å². The van der Waals surface area contributed by atoms with Crippen molar-refractivity contribution >= 4 is 28.6 Å². The Bertz CT molecular complexity index is 888. The lowest BCUT2D eigenvalue weighted by atomic mass is 10.1. The van der Waals surface area contributed by atoms with Crippen molar-refractivity contribution in [2.75, 3.05) is 29.9 Å². The molecule has 1 fully saturated rings. The van der Waals surface area contributed by atoms with Gasteiger partial charge in [0.2, 0.25) is 5.91 Å². The molecule has 1 atom stereocenters. The Labute approximate surface area is 176 Å². The number of piperidine rings is 1. The third-order valence-corrected chi connectivity index (χ3v) is 6.24. The minimum absolute atomic E-state index is 0.0171. The van der Waals surface area contributed by atoms with Crippen molar-refractivity contribution < 1.29 is 4.79 Å². The van der Waals surface area contributed by atoms with Crippen LogP contribution in [0.3, 0.4) is 0 Å². The summed E-state index contributed by atoms with van der Waals surface area (Å²) in [6.45, 7) is 2.50. The Morgan fingerprint density at radius 2 is 1.69 bits per heavy atom. The molecule has 5 heteroatoms. The maximum atomic E-state index is 12.5. The number of rotatable bonds is 7. The predicted octanol–water partition coefficient (Wildman–Crippen LogP) is 5.06. The van der Waals surface area contributed by atoms with Gasteiger partial charge < -0.3 is 10.2 Å². The number of carbonyl (C=O) groups is 1. The third-order valence-electron chi connectivity index (χ3n) is 5.30. The Hall–Kier alpha value is -2.63. The molecular weight excluding hydrogens is 378 g/mol. The summed E-state index contributed by atoms with van der Waals surface area (Å²) in [6, 6.07) is 22.6. The van der Waals surface area contributed by atoms with Gasteiger partial charge in [-0.1, -0.05) is 36.4 Å². The standard InChI is InChI=1S/C24H27N3OS/c28-23(26-20-11-13-21(14-12-20)27-15-5-2-6-16-27)18-25-24(22-10-7-17-29-22)19-8-3-1-4-9-19/h1,3-4,7-14,17,24-25H,2,5-6,15-16,18H2,(H,26,28)/t24-/m0/s1. The second-order valence-electron chi connectivity index (χ2n) is 7.38. The molecule has 0 saturated carbocycles. The molecule has 29 heavy (non-hydrogen) atoms. The van der Waals surface area contributed by atoms with Crippen molar-refractivity contribution in [1.29, 1.82) is 0 Å². The first-order valence-electron chi connectivity index (χ1n) is 10.3. The summed E-state index contributed by atoms with van der Waals surface area (Å²) >= 11 is 1.70. The Balaban J connectivity index is 1.35. The number of nitrogens with one attached hydrogen (secondary N) is 2. The van der Waals surface area contributed by atoms with E-state index in [-0.39, 0.29) is 18.5 Å². The fraction of sp³-hybridized carbons (Fsp3) is 0.292. The largest absolute Gasteiger partial charge is 0.372 e. The van der Waals surface area contributed by atoms with Crippen molar-refractivity contribution in [2.24, 2.45) is 0 Å². The first-order chi connectivity index (χ1) is 14.3. The highest BCUT2D eigenvalue weighted by molar-refractivity contribution is 7.10. The summed E-state index contributed by atoms with van der Waals surface area (Å²) in [4.78, 5) is 16.1. The summed E-state index contributed by atoms with van der Waals surface area (Å²) in [5.41, 5.74) is 3.24. The molecule has 2 aromatic carbocycles. The van der Waals surface area contributed by atoms with E-state index in [1.165, 1.54) is 29.8 Å². The molecule has 1 aromatic heterocycles. The number of thiophene rings is 1. The fourth-order valence-corrected chi connectivity index (χ4v) is 4.62. The van der Waals surface area contributed by atoms with Gasteiger partial charge in [-0.2, -0.15) is 0 Å². The van der Waals surface area contributed by atoms with Crippen molar-refractivity contribution in [2.45, 2.75) is 25.3 Å². The van der Waals surface area contributed by atoms with Gasteiger partial charge in [0.25, 0.3) is 0 Å². The average molecular weight is 406 g/mol. The number of amides is 1. The molecule has 1 amide bonds. The molecule has 2 heterocycles. The Kier molecular flexibility index (Phi) is 6.60. The van der Waals surface area contributed by atoms with Crippen molar-refractivity contribution in [3.63, 3.8) is 0 Å². The molecule has 4 nitrogen and oxygen atoms in total. The van der Waals surface area contributed by atoms with Crippen LogP contribution in [0.15, 0.2) is 72.1 Å². The minimum atomic E-state index is -0.0341. The molecule has 0 radical (unpaired) electrons. The first kappa shape index (κ1) is 19.7. The van der Waals surface area contributed by atoms with Gasteiger partial charge in [-0.15, -0.1) is 11.3 Å². The van der Waals surface area contributed by atoms with E-state index in [1.54, 1.807) is 11.3 Å². The summed E-state index contributed by atoms with van der Waals surface area (Å²) < 4.78 is 0. The molecule has 2 N–H and O–H groups in total. The van der Waals surface area contributed by atoms with Crippen molar-refractivity contribution in [3.8, 4) is 0 Å². The van der Waals surface area contributed by atoms with Gasteiger partial charge in [0.05, 0.1) is 12.6 Å². The smallest absolute Gasteiger partial charge is 0.238 e. The van der Waals surface area contributed by atoms with E-state index in [9.17, 15) is 4.79 Å². The second-order valence-corrected chi connectivity index (χ2v) is 8.36. The van der Waals surface area contributed by atoms with Crippen LogP contribution in [-0.4, -0.2) is 25.5 Å². The predicted molar refractivity (Wildman–Crippen MR) is 122 cm³/mol. The lowest BCUT2D eigenvalue weighted by molar-refractivity contribution is -0.115. The average Bonchev–Trinajstić information content (AvgIpc) is 3.30. The highest BCUT2D eigenvalue weighted by Crippen LogP contribution is 2.26. The zero-order valence-corrected chi connectivity index (χ0v) is 17.3. The number of benzene rings is 2. The lowest BCUT2D eigenvalue weighted by Crippen LogP contribution is -2.31. The lowest BCUT2D eigenvalue weighted by Gasteiger charge is -2.28. The topological polar surface area (TPSA) is 44.4 Å². The molecule has 1 aliphatic rings. The van der Waals surface area contributed by atoms with E-state index in [0.717, 1.165) is 24.3 Å². The number of nitrogens with zero attached hydrogens (tertiary/aromatic N) is 1. The van der Waals surface area contributed by atoms with Gasteiger partial charge in [-0.05, 0) is 60.5 Å². The molecular formula is C24H27N3OS. The number of hydrogen-bond donors (Lipinski definition) is 2. The Morgan fingerprint density at radius 1 is 0.931 bits per heavy atom. The van der Waals surface area contributed by atoms with E-state index in [0.29, 0.717) is 0 Å². The monoisotopic (exact) mass is 405 g/mol. The summed E-state index contributed by atoms with van der Waals surface area (Å²) in [5.74, 6) is -0.0341. The zero-order valence-electron chi connectivity index (χ0n) is 16.5. The number of carbonyl (C=O) groups excluding carboxylic acids is 1. The minimum Gasteiger partial charge on any atom is -0.372 e. The maximum Gasteiger partial charge on any atom is 0.238 e. The van der Waals surface area contributed by atoms with Crippen LogP contribution >= 0.6 is 11.3 Å². The third kappa shape index (κ3) is 5.25. The SMILES string of the molecule is O=C(CN[C@@H](c1ccccc1)c1cccs1)Nc1ccc(N2CCCCC2)cc1. The Morgan fingerprint density at radius 3 is 2.38 bits per heavy atom. The van der Waals surface area contributed by atoms with E-state index in [4.69, 9.17) is 0 Å². The highest BCUT2D eigenvalue weighted by Gasteiger charge is 2.16. The van der Waals surface area contributed by atoms with Crippen molar-refractivity contribution in [1.82, 2.24) is 5.32 Å². The second kappa shape index (κ2) is 9.72. The molecule has 0 unspecified atom stereocenters. The van der Waals surface area contributed by atoms with Crippen LogP contribution in [0.4, 0.5) is 11.4 Å². The van der Waals surface area contributed by atoms with Gasteiger partial charge in [0.15, 0.2) is 0 Å². The van der Waals surface area contributed by atoms with E-state index in [2.05, 4.69) is 51.2 Å². The maximum absolute atomic E-state index is 12.5. The van der Waals surface area contributed by atoms with Crippen LogP contribution in [0.25, 0.3) is 0 Å². The normalized spacial score (nSPS) is 15.1. The summed E-state index contributed by atoms with van der Waals surface area (Å²) in [5, 5.41) is 8.49. The molecule has 1 saturated heterocycles. The van der Waals surface area contributed by atoms with Gasteiger partial charge >= 0.3 is 0 Å². The molecule has 150 valence electrons. The van der Waals surface area contributed by atoms with Crippen LogP contribution in [0.5, 0.6) is 0 Å². The molecule has 1 aliphatic heterocycles. The van der Waals surface area contributed by atoms with E-state index >= 15 is 0 Å². The van der Waals surface area contributed by atoms with Crippen LogP contribution in [0, 0.1) is 0 Å². The highest BCUT2D eigenvalue weighted by atomic mass is 32.1. The quantitative estimate of drug-likeness (QED) is 0.578. The first-order valence-corrected chi connectivity index (χ1v) is 11.1. The van der Waals surface area contributed by atoms with Crippen LogP contribution < -0.4 is 15.5 Å². The zero-order chi connectivity index (χ0) is 19.9. The number of hydrogen-bond acceptors (Lipinski definition) is 4. The molecule has 0 bridgehead atoms. The molecule has 4 rings (SSSR count). The summed E-state index contributed by atoms with van der Waals surface area (Å²) in [7, 11) is 0. The molecule has 0 aliphatic carbocycles. The van der Waals surface area contributed by atoms with Crippen LogP contribution in [0.2, 0.25) is 0 Å². The van der Waals surface area contributed by atoms with Gasteiger partial charge in [0.1, 0.15) is 0 Å². The van der Waals surface area contributed by atoms with E-state index < -0.39 is 0 Å². The van der Waals surface area contributed by atoms with Crippen molar-refractivity contribution in [3.05, 3.63) is 82.6 Å². The van der Waals surface area contributed by atoms with Gasteiger partial charge in [0, 0.05) is 29.3 Å². The number of anilines is 2.